The number of sulfonamides is 1. The first-order valence-corrected chi connectivity index (χ1v) is 7.75. The Labute approximate surface area is 104 Å². The molecule has 0 radical (unpaired) electrons. The molecule has 1 rings (SSSR count). The van der Waals surface area contributed by atoms with Gasteiger partial charge in [-0.2, -0.15) is 0 Å². The van der Waals surface area contributed by atoms with E-state index < -0.39 is 10.0 Å². The lowest BCUT2D eigenvalue weighted by Gasteiger charge is -2.30. The van der Waals surface area contributed by atoms with Crippen LogP contribution in [0, 0.1) is 17.2 Å². The highest BCUT2D eigenvalue weighted by Gasteiger charge is 2.28. The standard InChI is InChI=1S/C11H23N3O2S/c1-9(2)5-8-17(15,16)14-6-3-10(4-7-14)11(12)13/h9-10H,3-8H2,1-2H3,(H3,12,13). The zero-order valence-electron chi connectivity index (χ0n) is 10.6. The van der Waals surface area contributed by atoms with E-state index in [1.54, 1.807) is 4.31 Å². The molecule has 17 heavy (non-hydrogen) atoms. The number of nitrogens with one attached hydrogen (secondary N) is 1. The van der Waals surface area contributed by atoms with Crippen LogP contribution in [0.15, 0.2) is 0 Å². The largest absolute Gasteiger partial charge is 0.387 e. The monoisotopic (exact) mass is 261 g/mol. The molecule has 0 aromatic rings. The minimum atomic E-state index is -3.11. The quantitative estimate of drug-likeness (QED) is 0.572. The van der Waals surface area contributed by atoms with Crippen LogP contribution in [0.25, 0.3) is 0 Å². The normalized spacial score (nSPS) is 19.7. The minimum Gasteiger partial charge on any atom is -0.387 e. The first kappa shape index (κ1) is 14.4. The van der Waals surface area contributed by atoms with Crippen molar-refractivity contribution in [3.8, 4) is 0 Å². The molecule has 0 aromatic carbocycles. The number of rotatable bonds is 5. The van der Waals surface area contributed by atoms with E-state index >= 15 is 0 Å². The molecule has 1 fully saturated rings. The molecule has 0 unspecified atom stereocenters. The lowest BCUT2D eigenvalue weighted by Crippen LogP contribution is -2.42. The third-order valence-electron chi connectivity index (χ3n) is 3.24. The van der Waals surface area contributed by atoms with Gasteiger partial charge in [0.05, 0.1) is 11.6 Å². The van der Waals surface area contributed by atoms with Crippen LogP contribution in [0.3, 0.4) is 0 Å². The van der Waals surface area contributed by atoms with Crippen molar-refractivity contribution in [1.29, 1.82) is 5.41 Å². The third kappa shape index (κ3) is 4.27. The van der Waals surface area contributed by atoms with Gasteiger partial charge in [-0.25, -0.2) is 12.7 Å². The lowest BCUT2D eigenvalue weighted by molar-refractivity contribution is 0.313. The molecule has 1 saturated heterocycles. The summed E-state index contributed by atoms with van der Waals surface area (Å²) in [5, 5.41) is 7.36. The summed E-state index contributed by atoms with van der Waals surface area (Å²) in [5.74, 6) is 0.880. The Morgan fingerprint density at radius 2 is 1.94 bits per heavy atom. The number of hydrogen-bond acceptors (Lipinski definition) is 3. The highest BCUT2D eigenvalue weighted by Crippen LogP contribution is 2.20. The van der Waals surface area contributed by atoms with Gasteiger partial charge >= 0.3 is 0 Å². The molecule has 0 aliphatic carbocycles. The zero-order chi connectivity index (χ0) is 13.1. The van der Waals surface area contributed by atoms with Crippen molar-refractivity contribution in [3.63, 3.8) is 0 Å². The number of nitrogens with two attached hydrogens (primary N) is 1. The molecular formula is C11H23N3O2S. The smallest absolute Gasteiger partial charge is 0.214 e. The lowest BCUT2D eigenvalue weighted by atomic mass is 9.97. The Morgan fingerprint density at radius 1 is 1.41 bits per heavy atom. The molecule has 1 aliphatic heterocycles. The Morgan fingerprint density at radius 3 is 2.35 bits per heavy atom. The molecule has 0 aromatic heterocycles. The fourth-order valence-electron chi connectivity index (χ4n) is 1.96. The van der Waals surface area contributed by atoms with Crippen LogP contribution in [0.2, 0.25) is 0 Å². The maximum absolute atomic E-state index is 12.0. The molecule has 3 N–H and O–H groups in total. The third-order valence-corrected chi connectivity index (χ3v) is 5.14. The van der Waals surface area contributed by atoms with Crippen LogP contribution in [0.4, 0.5) is 0 Å². The van der Waals surface area contributed by atoms with Crippen molar-refractivity contribution in [2.75, 3.05) is 18.8 Å². The van der Waals surface area contributed by atoms with Crippen LogP contribution >= 0.6 is 0 Å². The summed E-state index contributed by atoms with van der Waals surface area (Å²) < 4.78 is 25.6. The second-order valence-electron chi connectivity index (χ2n) is 5.13. The van der Waals surface area contributed by atoms with Crippen LogP contribution in [0.5, 0.6) is 0 Å². The molecule has 0 atom stereocenters. The summed E-state index contributed by atoms with van der Waals surface area (Å²) in [6, 6.07) is 0. The van der Waals surface area contributed by atoms with E-state index in [4.69, 9.17) is 11.1 Å². The number of amidine groups is 1. The fraction of sp³-hybridized carbons (Fsp3) is 0.909. The van der Waals surface area contributed by atoms with Gasteiger partial charge in [0.15, 0.2) is 0 Å². The van der Waals surface area contributed by atoms with Gasteiger partial charge in [0, 0.05) is 19.0 Å². The second kappa shape index (κ2) is 5.82. The summed E-state index contributed by atoms with van der Waals surface area (Å²) in [6.45, 7) is 5.06. The molecule has 0 amide bonds. The van der Waals surface area contributed by atoms with E-state index in [0.29, 0.717) is 38.3 Å². The van der Waals surface area contributed by atoms with E-state index in [1.165, 1.54) is 0 Å². The summed E-state index contributed by atoms with van der Waals surface area (Å²) in [7, 11) is -3.11. The van der Waals surface area contributed by atoms with Gasteiger partial charge in [-0.05, 0) is 25.2 Å². The predicted molar refractivity (Wildman–Crippen MR) is 69.5 cm³/mol. The van der Waals surface area contributed by atoms with Crippen LogP contribution in [-0.4, -0.2) is 37.4 Å². The molecule has 6 heteroatoms. The van der Waals surface area contributed by atoms with E-state index in [2.05, 4.69) is 0 Å². The Bertz CT molecular complexity index is 357. The Balaban J connectivity index is 2.50. The van der Waals surface area contributed by atoms with Crippen molar-refractivity contribution >= 4 is 15.9 Å². The van der Waals surface area contributed by atoms with Crippen LogP contribution < -0.4 is 5.73 Å². The van der Waals surface area contributed by atoms with Crippen LogP contribution in [-0.2, 0) is 10.0 Å². The van der Waals surface area contributed by atoms with Crippen molar-refractivity contribution < 1.29 is 8.42 Å². The van der Waals surface area contributed by atoms with Gasteiger partial charge in [-0.1, -0.05) is 13.8 Å². The maximum Gasteiger partial charge on any atom is 0.214 e. The van der Waals surface area contributed by atoms with Gasteiger partial charge in [0.1, 0.15) is 0 Å². The predicted octanol–water partition coefficient (Wildman–Crippen LogP) is 1.01. The average molecular weight is 261 g/mol. The van der Waals surface area contributed by atoms with Crippen molar-refractivity contribution in [3.05, 3.63) is 0 Å². The Hall–Kier alpha value is -0.620. The van der Waals surface area contributed by atoms with E-state index in [1.807, 2.05) is 13.8 Å². The number of piperidine rings is 1. The van der Waals surface area contributed by atoms with Gasteiger partial charge in [0.2, 0.25) is 10.0 Å². The first-order valence-electron chi connectivity index (χ1n) is 6.14. The molecule has 0 saturated carbocycles. The van der Waals surface area contributed by atoms with Crippen LogP contribution in [0.1, 0.15) is 33.1 Å². The summed E-state index contributed by atoms with van der Waals surface area (Å²) in [5.41, 5.74) is 5.44. The fourth-order valence-corrected chi connectivity index (χ4v) is 3.75. The summed E-state index contributed by atoms with van der Waals surface area (Å²) in [4.78, 5) is 0. The first-order chi connectivity index (χ1) is 7.83. The highest BCUT2D eigenvalue weighted by atomic mass is 32.2. The van der Waals surface area contributed by atoms with Gasteiger partial charge in [0.25, 0.3) is 0 Å². The van der Waals surface area contributed by atoms with Crippen molar-refractivity contribution in [2.24, 2.45) is 17.6 Å². The highest BCUT2D eigenvalue weighted by molar-refractivity contribution is 7.89. The molecule has 0 spiro atoms. The second-order valence-corrected chi connectivity index (χ2v) is 7.22. The summed E-state index contributed by atoms with van der Waals surface area (Å²) in [6.07, 6.45) is 2.06. The minimum absolute atomic E-state index is 0.0616. The van der Waals surface area contributed by atoms with Gasteiger partial charge < -0.3 is 5.73 Å². The molecule has 5 nitrogen and oxygen atoms in total. The molecule has 100 valence electrons. The average Bonchev–Trinajstić information content (AvgIpc) is 2.27. The summed E-state index contributed by atoms with van der Waals surface area (Å²) >= 11 is 0. The van der Waals surface area contributed by atoms with Crippen molar-refractivity contribution in [2.45, 2.75) is 33.1 Å². The number of nitrogens with zero attached hydrogens (tertiary/aromatic N) is 1. The molecule has 1 heterocycles. The molecule has 0 bridgehead atoms. The van der Waals surface area contributed by atoms with E-state index in [0.717, 1.165) is 0 Å². The SMILES string of the molecule is CC(C)CCS(=O)(=O)N1CCC(C(=N)N)CC1. The topological polar surface area (TPSA) is 87.2 Å². The molecule has 1 aliphatic rings. The zero-order valence-corrected chi connectivity index (χ0v) is 11.5. The van der Waals surface area contributed by atoms with E-state index in [-0.39, 0.29) is 17.5 Å². The van der Waals surface area contributed by atoms with Crippen molar-refractivity contribution in [1.82, 2.24) is 4.31 Å². The number of hydrogen-bond donors (Lipinski definition) is 2. The van der Waals surface area contributed by atoms with Gasteiger partial charge in [-0.15, -0.1) is 0 Å². The molecular weight excluding hydrogens is 238 g/mol. The van der Waals surface area contributed by atoms with Gasteiger partial charge in [-0.3, -0.25) is 5.41 Å². The Kier molecular flexibility index (Phi) is 4.94. The van der Waals surface area contributed by atoms with E-state index in [9.17, 15) is 8.42 Å². The maximum atomic E-state index is 12.0.